The number of carbonyl (C=O) groups is 1. The molecule has 0 bridgehead atoms. The molecule has 0 radical (unpaired) electrons. The van der Waals surface area contributed by atoms with Gasteiger partial charge < -0.3 is 4.90 Å². The molecule has 23 heavy (non-hydrogen) atoms. The molecular formula is C17H19ClF3NO. The average molecular weight is 346 g/mol. The van der Waals surface area contributed by atoms with Crippen molar-refractivity contribution < 1.29 is 18.0 Å². The third kappa shape index (κ3) is 5.27. The van der Waals surface area contributed by atoms with Crippen molar-refractivity contribution in [1.82, 2.24) is 4.90 Å². The smallest absolute Gasteiger partial charge is 0.327 e. The Bertz CT molecular complexity index is 608. The zero-order chi connectivity index (χ0) is 17.2. The first-order chi connectivity index (χ1) is 10.7. The van der Waals surface area contributed by atoms with Crippen LogP contribution in [0.5, 0.6) is 0 Å². The number of halogens is 4. The summed E-state index contributed by atoms with van der Waals surface area (Å²) in [6.07, 6.45) is 0.0300. The Morgan fingerprint density at radius 2 is 2.09 bits per heavy atom. The molecule has 1 atom stereocenters. The summed E-state index contributed by atoms with van der Waals surface area (Å²) >= 11 is 6.00. The molecule has 1 aromatic carbocycles. The van der Waals surface area contributed by atoms with E-state index in [-0.39, 0.29) is 5.92 Å². The van der Waals surface area contributed by atoms with Gasteiger partial charge in [0.25, 0.3) is 0 Å². The maximum atomic E-state index is 12.7. The van der Waals surface area contributed by atoms with Gasteiger partial charge in [-0.1, -0.05) is 23.7 Å². The van der Waals surface area contributed by atoms with E-state index in [0.717, 1.165) is 23.3 Å². The number of amides is 1. The van der Waals surface area contributed by atoms with E-state index in [9.17, 15) is 18.0 Å². The summed E-state index contributed by atoms with van der Waals surface area (Å²) in [6.45, 7) is 2.31. The molecule has 0 aromatic heterocycles. The zero-order valence-corrected chi connectivity index (χ0v) is 13.8. The summed E-state index contributed by atoms with van der Waals surface area (Å²) in [5.74, 6) is -0.457. The monoisotopic (exact) mass is 345 g/mol. The number of alkyl halides is 3. The van der Waals surface area contributed by atoms with Crippen LogP contribution in [0.2, 0.25) is 5.02 Å². The zero-order valence-electron chi connectivity index (χ0n) is 13.0. The van der Waals surface area contributed by atoms with Crippen molar-refractivity contribution in [2.24, 2.45) is 5.92 Å². The Morgan fingerprint density at radius 3 is 2.61 bits per heavy atom. The lowest BCUT2D eigenvalue weighted by Gasteiger charge is -2.29. The molecule has 126 valence electrons. The van der Waals surface area contributed by atoms with Crippen LogP contribution in [0.25, 0.3) is 6.08 Å². The van der Waals surface area contributed by atoms with Crippen LogP contribution in [0.4, 0.5) is 13.2 Å². The first kappa shape index (κ1) is 17.9. The second kappa shape index (κ2) is 6.95. The summed E-state index contributed by atoms with van der Waals surface area (Å²) in [5, 5.41) is 0.554. The van der Waals surface area contributed by atoms with Crippen molar-refractivity contribution in [3.05, 3.63) is 40.4 Å². The molecular weight excluding hydrogens is 327 g/mol. The predicted molar refractivity (Wildman–Crippen MR) is 85.2 cm³/mol. The topological polar surface area (TPSA) is 20.3 Å². The molecule has 1 aliphatic rings. The van der Waals surface area contributed by atoms with E-state index >= 15 is 0 Å². The Morgan fingerprint density at radius 1 is 1.43 bits per heavy atom. The van der Waals surface area contributed by atoms with Gasteiger partial charge >= 0.3 is 6.18 Å². The van der Waals surface area contributed by atoms with Crippen molar-refractivity contribution in [3.8, 4) is 0 Å². The highest BCUT2D eigenvalue weighted by Gasteiger charge is 2.39. The van der Waals surface area contributed by atoms with Crippen molar-refractivity contribution >= 4 is 23.6 Å². The van der Waals surface area contributed by atoms with Crippen LogP contribution in [0.1, 0.15) is 30.9 Å². The van der Waals surface area contributed by atoms with Crippen LogP contribution in [0, 0.1) is 12.8 Å². The molecule has 1 unspecified atom stereocenters. The molecule has 2 rings (SSSR count). The van der Waals surface area contributed by atoms with E-state index in [1.807, 2.05) is 6.92 Å². The Balaban J connectivity index is 2.12. The van der Waals surface area contributed by atoms with Crippen LogP contribution in [0.3, 0.4) is 0 Å². The Kier molecular flexibility index (Phi) is 5.40. The minimum Gasteiger partial charge on any atom is -0.327 e. The van der Waals surface area contributed by atoms with Gasteiger partial charge in [0.05, 0.1) is 0 Å². The quantitative estimate of drug-likeness (QED) is 0.698. The molecule has 0 saturated heterocycles. The SMILES string of the molecule is Cc1ccc(C=CC(=O)N(CC(F)(F)F)C(C)C2CC2)cc1Cl. The van der Waals surface area contributed by atoms with E-state index in [4.69, 9.17) is 11.6 Å². The Hall–Kier alpha value is -1.49. The summed E-state index contributed by atoms with van der Waals surface area (Å²) in [7, 11) is 0. The summed E-state index contributed by atoms with van der Waals surface area (Å²) in [6, 6.07) is 4.84. The van der Waals surface area contributed by atoms with E-state index in [1.165, 1.54) is 12.2 Å². The molecule has 0 N–H and O–H groups in total. The van der Waals surface area contributed by atoms with E-state index < -0.39 is 24.7 Å². The summed E-state index contributed by atoms with van der Waals surface area (Å²) in [5.41, 5.74) is 1.58. The molecule has 1 aliphatic carbocycles. The fourth-order valence-corrected chi connectivity index (χ4v) is 2.61. The van der Waals surface area contributed by atoms with E-state index in [2.05, 4.69) is 0 Å². The van der Waals surface area contributed by atoms with Gasteiger partial charge in [0, 0.05) is 17.1 Å². The number of nitrogens with zero attached hydrogens (tertiary/aromatic N) is 1. The molecule has 6 heteroatoms. The van der Waals surface area contributed by atoms with Gasteiger partial charge in [0.1, 0.15) is 6.54 Å². The molecule has 2 nitrogen and oxygen atoms in total. The lowest BCUT2D eigenvalue weighted by Crippen LogP contribution is -2.44. The van der Waals surface area contributed by atoms with Gasteiger partial charge in [-0.3, -0.25) is 4.79 Å². The fourth-order valence-electron chi connectivity index (χ4n) is 2.42. The maximum absolute atomic E-state index is 12.7. The average Bonchev–Trinajstić information content (AvgIpc) is 3.28. The summed E-state index contributed by atoms with van der Waals surface area (Å²) in [4.78, 5) is 13.1. The second-order valence-corrected chi connectivity index (χ2v) is 6.41. The van der Waals surface area contributed by atoms with Crippen molar-refractivity contribution in [3.63, 3.8) is 0 Å². The third-order valence-electron chi connectivity index (χ3n) is 4.04. The molecule has 1 saturated carbocycles. The largest absolute Gasteiger partial charge is 0.406 e. The van der Waals surface area contributed by atoms with Crippen LogP contribution in [-0.2, 0) is 4.79 Å². The number of aryl methyl sites for hydroxylation is 1. The first-order valence-electron chi connectivity index (χ1n) is 7.49. The summed E-state index contributed by atoms with van der Waals surface area (Å²) < 4.78 is 38.2. The number of carbonyl (C=O) groups excluding carboxylic acids is 1. The van der Waals surface area contributed by atoms with Gasteiger partial charge in [-0.2, -0.15) is 13.2 Å². The van der Waals surface area contributed by atoms with Crippen molar-refractivity contribution in [1.29, 1.82) is 0 Å². The van der Waals surface area contributed by atoms with E-state index in [1.54, 1.807) is 25.1 Å². The third-order valence-corrected chi connectivity index (χ3v) is 4.45. The highest BCUT2D eigenvalue weighted by Crippen LogP contribution is 2.36. The molecule has 0 heterocycles. The van der Waals surface area contributed by atoms with E-state index in [0.29, 0.717) is 10.6 Å². The molecule has 1 aromatic rings. The first-order valence-corrected chi connectivity index (χ1v) is 7.87. The van der Waals surface area contributed by atoms with Gasteiger partial charge in [-0.15, -0.1) is 0 Å². The minimum absolute atomic E-state index is 0.170. The van der Waals surface area contributed by atoms with Gasteiger partial charge in [-0.25, -0.2) is 0 Å². The van der Waals surface area contributed by atoms with Crippen LogP contribution >= 0.6 is 11.6 Å². The van der Waals surface area contributed by atoms with Crippen LogP contribution in [-0.4, -0.2) is 29.6 Å². The van der Waals surface area contributed by atoms with Gasteiger partial charge in [-0.05, 0) is 55.9 Å². The van der Waals surface area contributed by atoms with Crippen LogP contribution in [0.15, 0.2) is 24.3 Å². The lowest BCUT2D eigenvalue weighted by molar-refractivity contribution is -0.162. The fraction of sp³-hybridized carbons (Fsp3) is 0.471. The number of rotatable bonds is 5. The lowest BCUT2D eigenvalue weighted by atomic mass is 10.1. The van der Waals surface area contributed by atoms with Crippen LogP contribution < -0.4 is 0 Å². The minimum atomic E-state index is -4.40. The van der Waals surface area contributed by atoms with Crippen molar-refractivity contribution in [2.75, 3.05) is 6.54 Å². The standard InChI is InChI=1S/C17H19ClF3NO/c1-11-3-4-13(9-15(11)18)5-8-16(23)22(10-17(19,20)21)12(2)14-6-7-14/h3-5,8-9,12,14H,6-7,10H2,1-2H3. The molecule has 0 spiro atoms. The second-order valence-electron chi connectivity index (χ2n) is 6.00. The van der Waals surface area contributed by atoms with Gasteiger partial charge in [0.15, 0.2) is 0 Å². The number of hydrogen-bond acceptors (Lipinski definition) is 1. The maximum Gasteiger partial charge on any atom is 0.406 e. The highest BCUT2D eigenvalue weighted by molar-refractivity contribution is 6.31. The normalized spacial score (nSPS) is 16.6. The highest BCUT2D eigenvalue weighted by atomic mass is 35.5. The molecule has 0 aliphatic heterocycles. The molecule has 1 amide bonds. The van der Waals surface area contributed by atoms with Crippen molar-refractivity contribution in [2.45, 2.75) is 38.9 Å². The Labute approximate surface area is 138 Å². The number of benzene rings is 1. The molecule has 1 fully saturated rings. The number of hydrogen-bond donors (Lipinski definition) is 0. The van der Waals surface area contributed by atoms with Gasteiger partial charge in [0.2, 0.25) is 5.91 Å². The predicted octanol–water partition coefficient (Wildman–Crippen LogP) is 4.85.